The van der Waals surface area contributed by atoms with Gasteiger partial charge in [-0.05, 0) is 49.7 Å². The molecule has 0 saturated heterocycles. The van der Waals surface area contributed by atoms with Crippen LogP contribution in [0, 0.1) is 6.92 Å². The fourth-order valence-corrected chi connectivity index (χ4v) is 3.90. The number of aryl methyl sites for hydroxylation is 1. The van der Waals surface area contributed by atoms with E-state index in [1.54, 1.807) is 53.7 Å². The molecule has 0 saturated carbocycles. The molecule has 0 spiro atoms. The van der Waals surface area contributed by atoms with Crippen LogP contribution in [0.2, 0.25) is 0 Å². The highest BCUT2D eigenvalue weighted by Crippen LogP contribution is 2.26. The zero-order valence-electron chi connectivity index (χ0n) is 14.6. The van der Waals surface area contributed by atoms with Gasteiger partial charge < -0.3 is 9.15 Å². The molecular formula is C18H21N3O4S. The van der Waals surface area contributed by atoms with Crippen molar-refractivity contribution in [1.82, 2.24) is 14.5 Å². The summed E-state index contributed by atoms with van der Waals surface area (Å²) in [7, 11) is -3.77. The zero-order chi connectivity index (χ0) is 18.6. The van der Waals surface area contributed by atoms with Gasteiger partial charge in [0.15, 0.2) is 0 Å². The smallest absolute Gasteiger partial charge is 0.244 e. The van der Waals surface area contributed by atoms with E-state index in [-0.39, 0.29) is 11.4 Å². The predicted octanol–water partition coefficient (Wildman–Crippen LogP) is 2.75. The third-order valence-corrected chi connectivity index (χ3v) is 5.32. The first-order valence-corrected chi connectivity index (χ1v) is 9.75. The molecule has 3 aromatic rings. The van der Waals surface area contributed by atoms with Crippen molar-refractivity contribution in [2.24, 2.45) is 0 Å². The van der Waals surface area contributed by atoms with E-state index in [9.17, 15) is 8.42 Å². The van der Waals surface area contributed by atoms with Crippen LogP contribution < -0.4 is 9.46 Å². The molecule has 2 heterocycles. The summed E-state index contributed by atoms with van der Waals surface area (Å²) in [5.41, 5.74) is 0.837. The third-order valence-electron chi connectivity index (χ3n) is 3.87. The van der Waals surface area contributed by atoms with Gasteiger partial charge in [-0.15, -0.1) is 0 Å². The van der Waals surface area contributed by atoms with E-state index in [4.69, 9.17) is 9.15 Å². The maximum Gasteiger partial charge on any atom is 0.244 e. The number of hydrogen-bond donors (Lipinski definition) is 1. The van der Waals surface area contributed by atoms with Crippen molar-refractivity contribution in [3.8, 4) is 5.75 Å². The molecule has 8 heteroatoms. The Morgan fingerprint density at radius 3 is 2.81 bits per heavy atom. The molecule has 1 atom stereocenters. The molecule has 2 aromatic heterocycles. The molecule has 0 amide bonds. The lowest BCUT2D eigenvalue weighted by Gasteiger charge is -2.17. The van der Waals surface area contributed by atoms with Crippen molar-refractivity contribution in [3.05, 3.63) is 66.4 Å². The molecule has 138 valence electrons. The number of ether oxygens (including phenoxy) is 1. The number of furan rings is 1. The van der Waals surface area contributed by atoms with Gasteiger partial charge in [-0.3, -0.25) is 4.68 Å². The molecule has 0 fully saturated rings. The molecule has 1 aromatic carbocycles. The second-order valence-electron chi connectivity index (χ2n) is 5.75. The predicted molar refractivity (Wildman–Crippen MR) is 96.6 cm³/mol. The minimum absolute atomic E-state index is 0.0943. The SMILES string of the molecule is CCOc1ccc(C)cc1S(=O)(=O)NCC(c1ccco1)n1cccn1. The molecule has 7 nitrogen and oxygen atoms in total. The fraction of sp³-hybridized carbons (Fsp3) is 0.278. The normalized spacial score (nSPS) is 12.8. The van der Waals surface area contributed by atoms with E-state index in [0.29, 0.717) is 18.1 Å². The highest BCUT2D eigenvalue weighted by molar-refractivity contribution is 7.89. The summed E-state index contributed by atoms with van der Waals surface area (Å²) in [6, 6.07) is 10.0. The summed E-state index contributed by atoms with van der Waals surface area (Å²) in [4.78, 5) is 0.123. The third kappa shape index (κ3) is 3.97. The van der Waals surface area contributed by atoms with Crippen LogP contribution in [0.1, 0.15) is 24.3 Å². The Balaban J connectivity index is 1.86. The molecular weight excluding hydrogens is 354 g/mol. The van der Waals surface area contributed by atoms with E-state index >= 15 is 0 Å². The van der Waals surface area contributed by atoms with Gasteiger partial charge in [0.05, 0.1) is 12.9 Å². The van der Waals surface area contributed by atoms with E-state index in [1.807, 2.05) is 19.9 Å². The van der Waals surface area contributed by atoms with Crippen LogP contribution in [-0.2, 0) is 10.0 Å². The first-order valence-electron chi connectivity index (χ1n) is 8.27. The summed E-state index contributed by atoms with van der Waals surface area (Å²) < 4.78 is 41.0. The Morgan fingerprint density at radius 1 is 1.31 bits per heavy atom. The fourth-order valence-electron chi connectivity index (χ4n) is 2.64. The quantitative estimate of drug-likeness (QED) is 0.654. The number of rotatable bonds is 8. The van der Waals surface area contributed by atoms with Crippen molar-refractivity contribution in [2.45, 2.75) is 24.8 Å². The van der Waals surface area contributed by atoms with E-state index in [2.05, 4.69) is 9.82 Å². The van der Waals surface area contributed by atoms with Crippen LogP contribution in [-0.4, -0.2) is 31.3 Å². The van der Waals surface area contributed by atoms with Crippen molar-refractivity contribution in [2.75, 3.05) is 13.2 Å². The zero-order valence-corrected chi connectivity index (χ0v) is 15.4. The molecule has 1 N–H and O–H groups in total. The maximum atomic E-state index is 12.9. The molecule has 0 aliphatic heterocycles. The number of hydrogen-bond acceptors (Lipinski definition) is 5. The van der Waals surface area contributed by atoms with Crippen LogP contribution in [0.4, 0.5) is 0 Å². The maximum absolute atomic E-state index is 12.9. The first kappa shape index (κ1) is 18.2. The van der Waals surface area contributed by atoms with Crippen LogP contribution >= 0.6 is 0 Å². The summed E-state index contributed by atoms with van der Waals surface area (Å²) in [5, 5.41) is 4.20. The summed E-state index contributed by atoms with van der Waals surface area (Å²) in [5.74, 6) is 0.949. The molecule has 0 aliphatic carbocycles. The lowest BCUT2D eigenvalue weighted by Crippen LogP contribution is -2.31. The summed E-state index contributed by atoms with van der Waals surface area (Å²) in [6.45, 7) is 4.13. The summed E-state index contributed by atoms with van der Waals surface area (Å²) >= 11 is 0. The standard InChI is InChI=1S/C18H21N3O4S/c1-3-24-17-8-7-14(2)12-18(17)26(22,23)20-13-15(16-6-4-11-25-16)21-10-5-9-19-21/h4-12,15,20H,3,13H2,1-2H3. The summed E-state index contributed by atoms with van der Waals surface area (Å²) in [6.07, 6.45) is 4.95. The number of benzene rings is 1. The average molecular weight is 375 g/mol. The van der Waals surface area contributed by atoms with Gasteiger partial charge in [-0.1, -0.05) is 6.07 Å². The van der Waals surface area contributed by atoms with Crippen molar-refractivity contribution < 1.29 is 17.6 Å². The van der Waals surface area contributed by atoms with Crippen LogP contribution in [0.25, 0.3) is 0 Å². The minimum atomic E-state index is -3.77. The first-order chi connectivity index (χ1) is 12.5. The lowest BCUT2D eigenvalue weighted by atomic mass is 10.2. The molecule has 0 radical (unpaired) electrons. The highest BCUT2D eigenvalue weighted by atomic mass is 32.2. The number of nitrogens with zero attached hydrogens (tertiary/aromatic N) is 2. The second kappa shape index (κ2) is 7.76. The van der Waals surface area contributed by atoms with Crippen LogP contribution in [0.15, 0.2) is 64.4 Å². The van der Waals surface area contributed by atoms with Gasteiger partial charge in [0.2, 0.25) is 10.0 Å². The molecule has 0 aliphatic rings. The van der Waals surface area contributed by atoms with Crippen molar-refractivity contribution >= 4 is 10.0 Å². The van der Waals surface area contributed by atoms with Crippen molar-refractivity contribution in [1.29, 1.82) is 0 Å². The lowest BCUT2D eigenvalue weighted by molar-refractivity contribution is 0.330. The largest absolute Gasteiger partial charge is 0.492 e. The van der Waals surface area contributed by atoms with Crippen LogP contribution in [0.5, 0.6) is 5.75 Å². The van der Waals surface area contributed by atoms with Gasteiger partial charge in [0.25, 0.3) is 0 Å². The van der Waals surface area contributed by atoms with Gasteiger partial charge in [-0.2, -0.15) is 5.10 Å². The Morgan fingerprint density at radius 2 is 2.15 bits per heavy atom. The molecule has 3 rings (SSSR count). The Labute approximate surface area is 152 Å². The van der Waals surface area contributed by atoms with Crippen LogP contribution in [0.3, 0.4) is 0 Å². The van der Waals surface area contributed by atoms with Gasteiger partial charge in [0.1, 0.15) is 22.4 Å². The van der Waals surface area contributed by atoms with Crippen molar-refractivity contribution in [3.63, 3.8) is 0 Å². The Hall–Kier alpha value is -2.58. The number of aromatic nitrogens is 2. The molecule has 1 unspecified atom stereocenters. The van der Waals surface area contributed by atoms with E-state index < -0.39 is 16.1 Å². The number of sulfonamides is 1. The Bertz CT molecular complexity index is 901. The van der Waals surface area contributed by atoms with Gasteiger partial charge in [-0.25, -0.2) is 13.1 Å². The van der Waals surface area contributed by atoms with Gasteiger partial charge in [0, 0.05) is 18.9 Å². The van der Waals surface area contributed by atoms with E-state index in [1.165, 1.54) is 0 Å². The Kier molecular flexibility index (Phi) is 5.43. The molecule has 26 heavy (non-hydrogen) atoms. The molecule has 0 bridgehead atoms. The topological polar surface area (TPSA) is 86.4 Å². The number of nitrogens with one attached hydrogen (secondary N) is 1. The minimum Gasteiger partial charge on any atom is -0.492 e. The highest BCUT2D eigenvalue weighted by Gasteiger charge is 2.24. The average Bonchev–Trinajstić information content (AvgIpc) is 3.31. The second-order valence-corrected chi connectivity index (χ2v) is 7.49. The van der Waals surface area contributed by atoms with Gasteiger partial charge >= 0.3 is 0 Å². The monoisotopic (exact) mass is 375 g/mol. The van der Waals surface area contributed by atoms with E-state index in [0.717, 1.165) is 5.56 Å².